The zero-order chi connectivity index (χ0) is 22.1. The van der Waals surface area contributed by atoms with Crippen LogP contribution >= 0.6 is 0 Å². The molecule has 3 rings (SSSR count). The Morgan fingerprint density at radius 1 is 1.17 bits per heavy atom. The minimum absolute atomic E-state index is 0.133. The smallest absolute Gasteiger partial charge is 0.340 e. The Bertz CT molecular complexity index is 1040. The number of amides is 1. The summed E-state index contributed by atoms with van der Waals surface area (Å²) < 4.78 is 32.1. The molecule has 9 nitrogen and oxygen atoms in total. The summed E-state index contributed by atoms with van der Waals surface area (Å²) in [5.41, 5.74) is 1.80. The van der Waals surface area contributed by atoms with Crippen molar-refractivity contribution in [2.45, 2.75) is 38.7 Å². The van der Waals surface area contributed by atoms with Gasteiger partial charge in [-0.05, 0) is 45.4 Å². The van der Waals surface area contributed by atoms with Gasteiger partial charge in [0.25, 0.3) is 5.91 Å². The maximum Gasteiger partial charge on any atom is 0.340 e. The van der Waals surface area contributed by atoms with Crippen LogP contribution in [0.2, 0.25) is 0 Å². The van der Waals surface area contributed by atoms with Crippen molar-refractivity contribution in [1.82, 2.24) is 19.2 Å². The average molecular weight is 435 g/mol. The first kappa shape index (κ1) is 22.0. The fourth-order valence-corrected chi connectivity index (χ4v) is 4.87. The number of nitrogens with zero attached hydrogens (tertiary/aromatic N) is 3. The number of pyridine rings is 1. The predicted molar refractivity (Wildman–Crippen MR) is 110 cm³/mol. The number of carbonyl (C=O) groups is 2. The molecule has 3 heterocycles. The van der Waals surface area contributed by atoms with Gasteiger partial charge < -0.3 is 14.6 Å². The van der Waals surface area contributed by atoms with Crippen molar-refractivity contribution < 1.29 is 22.7 Å². The van der Waals surface area contributed by atoms with E-state index in [0.29, 0.717) is 22.5 Å². The number of sulfonamides is 1. The SMILES string of the molecule is Cc1[nH]c(C(=O)N2CCN(S(=O)(=O)c3cccnc3)CC2)c(C)c1C(=O)OC(C)C. The number of hydrogen-bond acceptors (Lipinski definition) is 6. The number of aryl methyl sites for hydroxylation is 1. The molecule has 0 unspecified atom stereocenters. The fraction of sp³-hybridized carbons (Fsp3) is 0.450. The molecular weight excluding hydrogens is 408 g/mol. The molecule has 10 heteroatoms. The van der Waals surface area contributed by atoms with Gasteiger partial charge in [0.15, 0.2) is 0 Å². The Kier molecular flexibility index (Phi) is 6.27. The van der Waals surface area contributed by atoms with Crippen molar-refractivity contribution in [3.05, 3.63) is 47.0 Å². The Hall–Kier alpha value is -2.72. The lowest BCUT2D eigenvalue weighted by molar-refractivity contribution is 0.0376. The van der Waals surface area contributed by atoms with E-state index in [-0.39, 0.29) is 43.1 Å². The number of nitrogens with one attached hydrogen (secondary N) is 1. The summed E-state index contributed by atoms with van der Waals surface area (Å²) in [5, 5.41) is 0. The van der Waals surface area contributed by atoms with Gasteiger partial charge in [-0.1, -0.05) is 0 Å². The molecule has 0 atom stereocenters. The lowest BCUT2D eigenvalue weighted by Crippen LogP contribution is -2.50. The summed E-state index contributed by atoms with van der Waals surface area (Å²) in [7, 11) is -3.65. The molecule has 0 saturated carbocycles. The van der Waals surface area contributed by atoms with Crippen LogP contribution in [0.5, 0.6) is 0 Å². The van der Waals surface area contributed by atoms with Crippen LogP contribution in [0.1, 0.15) is 46.0 Å². The maximum atomic E-state index is 13.0. The number of piperazine rings is 1. The third-order valence-corrected chi connectivity index (χ3v) is 6.88. The van der Waals surface area contributed by atoms with Gasteiger partial charge in [0.2, 0.25) is 10.0 Å². The number of ether oxygens (including phenoxy) is 1. The summed E-state index contributed by atoms with van der Waals surface area (Å²) in [6.07, 6.45) is 2.57. The van der Waals surface area contributed by atoms with E-state index in [1.54, 1.807) is 38.7 Å². The first-order chi connectivity index (χ1) is 14.1. The van der Waals surface area contributed by atoms with Crippen LogP contribution in [0.15, 0.2) is 29.4 Å². The fourth-order valence-electron chi connectivity index (χ4n) is 3.48. The second-order valence-electron chi connectivity index (χ2n) is 7.46. The molecule has 1 saturated heterocycles. The van der Waals surface area contributed by atoms with E-state index in [1.165, 1.54) is 22.8 Å². The molecule has 0 aromatic carbocycles. The number of esters is 1. The molecule has 1 amide bonds. The van der Waals surface area contributed by atoms with E-state index in [1.807, 2.05) is 0 Å². The number of aromatic nitrogens is 2. The minimum Gasteiger partial charge on any atom is -0.459 e. The van der Waals surface area contributed by atoms with E-state index in [2.05, 4.69) is 9.97 Å². The van der Waals surface area contributed by atoms with E-state index in [4.69, 9.17) is 4.74 Å². The molecular formula is C20H26N4O5S. The van der Waals surface area contributed by atoms with Crippen LogP contribution in [-0.4, -0.2) is 71.8 Å². The van der Waals surface area contributed by atoms with E-state index >= 15 is 0 Å². The lowest BCUT2D eigenvalue weighted by atomic mass is 10.1. The topological polar surface area (TPSA) is 113 Å². The van der Waals surface area contributed by atoms with Crippen molar-refractivity contribution in [3.8, 4) is 0 Å². The highest BCUT2D eigenvalue weighted by atomic mass is 32.2. The minimum atomic E-state index is -3.65. The number of rotatable bonds is 5. The van der Waals surface area contributed by atoms with Crippen LogP contribution < -0.4 is 0 Å². The highest BCUT2D eigenvalue weighted by molar-refractivity contribution is 7.89. The molecule has 30 heavy (non-hydrogen) atoms. The van der Waals surface area contributed by atoms with Crippen molar-refractivity contribution in [2.24, 2.45) is 0 Å². The third kappa shape index (κ3) is 4.24. The second kappa shape index (κ2) is 8.57. The standard InChI is InChI=1S/C20H26N4O5S/c1-13(2)29-20(26)17-14(3)18(22-15(17)4)19(25)23-8-10-24(11-9-23)30(27,28)16-6-5-7-21-12-16/h5-7,12-13,22H,8-11H2,1-4H3. The van der Waals surface area contributed by atoms with Gasteiger partial charge in [0.05, 0.1) is 11.7 Å². The Morgan fingerprint density at radius 2 is 1.83 bits per heavy atom. The summed E-state index contributed by atoms with van der Waals surface area (Å²) in [5.74, 6) is -0.736. The predicted octanol–water partition coefficient (Wildman–Crippen LogP) is 1.74. The van der Waals surface area contributed by atoms with Crippen molar-refractivity contribution >= 4 is 21.9 Å². The van der Waals surface area contributed by atoms with Crippen LogP contribution in [0.25, 0.3) is 0 Å². The largest absolute Gasteiger partial charge is 0.459 e. The van der Waals surface area contributed by atoms with Crippen molar-refractivity contribution in [2.75, 3.05) is 26.2 Å². The van der Waals surface area contributed by atoms with Crippen molar-refractivity contribution in [3.63, 3.8) is 0 Å². The van der Waals surface area contributed by atoms with Gasteiger partial charge in [-0.15, -0.1) is 0 Å². The van der Waals surface area contributed by atoms with Gasteiger partial charge in [0.1, 0.15) is 10.6 Å². The van der Waals surface area contributed by atoms with Gasteiger partial charge in [-0.25, -0.2) is 13.2 Å². The summed E-state index contributed by atoms with van der Waals surface area (Å²) in [4.78, 5) is 34.0. The van der Waals surface area contributed by atoms with Crippen LogP contribution in [-0.2, 0) is 14.8 Å². The van der Waals surface area contributed by atoms with E-state index in [0.717, 1.165) is 0 Å². The number of H-pyrrole nitrogens is 1. The maximum absolute atomic E-state index is 13.0. The van der Waals surface area contributed by atoms with Crippen LogP contribution in [0, 0.1) is 13.8 Å². The summed E-state index contributed by atoms with van der Waals surface area (Å²) >= 11 is 0. The zero-order valence-electron chi connectivity index (χ0n) is 17.5. The molecule has 1 N–H and O–H groups in total. The number of carbonyl (C=O) groups excluding carboxylic acids is 2. The Morgan fingerprint density at radius 3 is 2.40 bits per heavy atom. The summed E-state index contributed by atoms with van der Waals surface area (Å²) in [6.45, 7) is 7.83. The first-order valence-corrected chi connectivity index (χ1v) is 11.2. The molecule has 1 fully saturated rings. The quantitative estimate of drug-likeness (QED) is 0.718. The molecule has 0 aliphatic carbocycles. The Balaban J connectivity index is 1.73. The van der Waals surface area contributed by atoms with Gasteiger partial charge >= 0.3 is 5.97 Å². The third-order valence-electron chi connectivity index (χ3n) is 5.00. The zero-order valence-corrected chi connectivity index (χ0v) is 18.3. The molecule has 162 valence electrons. The molecule has 0 spiro atoms. The molecule has 2 aromatic heterocycles. The molecule has 0 bridgehead atoms. The van der Waals surface area contributed by atoms with Crippen LogP contribution in [0.3, 0.4) is 0 Å². The number of hydrogen-bond donors (Lipinski definition) is 1. The molecule has 2 aromatic rings. The highest BCUT2D eigenvalue weighted by Gasteiger charge is 2.32. The molecule has 0 radical (unpaired) electrons. The van der Waals surface area contributed by atoms with Gasteiger partial charge in [-0.2, -0.15) is 4.31 Å². The summed E-state index contributed by atoms with van der Waals surface area (Å²) in [6, 6.07) is 3.08. The van der Waals surface area contributed by atoms with Crippen LogP contribution in [0.4, 0.5) is 0 Å². The molecule has 1 aliphatic heterocycles. The second-order valence-corrected chi connectivity index (χ2v) is 9.40. The lowest BCUT2D eigenvalue weighted by Gasteiger charge is -2.33. The van der Waals surface area contributed by atoms with Gasteiger partial charge in [0, 0.05) is 44.3 Å². The monoisotopic (exact) mass is 434 g/mol. The van der Waals surface area contributed by atoms with E-state index < -0.39 is 16.0 Å². The average Bonchev–Trinajstić information content (AvgIpc) is 3.01. The van der Waals surface area contributed by atoms with E-state index in [9.17, 15) is 18.0 Å². The van der Waals surface area contributed by atoms with Crippen molar-refractivity contribution in [1.29, 1.82) is 0 Å². The highest BCUT2D eigenvalue weighted by Crippen LogP contribution is 2.22. The van der Waals surface area contributed by atoms with Gasteiger partial charge in [-0.3, -0.25) is 9.78 Å². The first-order valence-electron chi connectivity index (χ1n) is 9.72. The Labute approximate surface area is 176 Å². The normalized spacial score (nSPS) is 15.4. The number of aromatic amines is 1. The molecule has 1 aliphatic rings.